The van der Waals surface area contributed by atoms with Gasteiger partial charge in [-0.25, -0.2) is 0 Å². The van der Waals surface area contributed by atoms with Crippen molar-refractivity contribution in [3.8, 4) is 0 Å². The number of rotatable bonds is 4. The smallest absolute Gasteiger partial charge is 0.248 e. The summed E-state index contributed by atoms with van der Waals surface area (Å²) in [5, 5.41) is 14.0. The van der Waals surface area contributed by atoms with Crippen molar-refractivity contribution in [2.24, 2.45) is 29.4 Å². The van der Waals surface area contributed by atoms with Gasteiger partial charge in [0.2, 0.25) is 11.8 Å². The first kappa shape index (κ1) is 14.3. The number of hydrogen-bond acceptors (Lipinski definition) is 4. The Morgan fingerprint density at radius 1 is 1.05 bits per heavy atom. The van der Waals surface area contributed by atoms with E-state index in [1.807, 2.05) is 12.2 Å². The fourth-order valence-electron chi connectivity index (χ4n) is 3.44. The minimum Gasteiger partial charge on any atom is -0.550 e. The molecule has 4 atom stereocenters. The number of nitrogens with one attached hydrogen (secondary N) is 1. The molecule has 1 saturated carbocycles. The second kappa shape index (κ2) is 5.29. The van der Waals surface area contributed by atoms with E-state index >= 15 is 0 Å². The third-order valence-electron chi connectivity index (χ3n) is 4.47. The van der Waals surface area contributed by atoms with Crippen LogP contribution in [0.15, 0.2) is 36.4 Å². The number of hydrogen-bond donors (Lipinski definition) is 2. The van der Waals surface area contributed by atoms with Crippen molar-refractivity contribution >= 4 is 23.5 Å². The van der Waals surface area contributed by atoms with Gasteiger partial charge in [0.25, 0.3) is 0 Å². The van der Waals surface area contributed by atoms with Crippen molar-refractivity contribution < 1.29 is 19.5 Å². The van der Waals surface area contributed by atoms with Gasteiger partial charge in [0.1, 0.15) is 0 Å². The Hall–Kier alpha value is -2.63. The number of carbonyl (C=O) groups is 3. The van der Waals surface area contributed by atoms with Crippen LogP contribution in [0.5, 0.6) is 0 Å². The lowest BCUT2D eigenvalue weighted by Crippen LogP contribution is -2.42. The Morgan fingerprint density at radius 3 is 2.18 bits per heavy atom. The second-order valence-corrected chi connectivity index (χ2v) is 5.75. The maximum atomic E-state index is 12.4. The molecule has 3 N–H and O–H groups in total. The molecule has 0 radical (unpaired) electrons. The molecule has 0 spiro atoms. The van der Waals surface area contributed by atoms with E-state index in [2.05, 4.69) is 5.32 Å². The number of carbonyl (C=O) groups excluding carboxylic acids is 3. The summed E-state index contributed by atoms with van der Waals surface area (Å²) in [5.41, 5.74) is 5.99. The molecule has 6 heteroatoms. The van der Waals surface area contributed by atoms with E-state index in [4.69, 9.17) is 5.73 Å². The molecule has 0 saturated heterocycles. The van der Waals surface area contributed by atoms with Crippen LogP contribution in [0.4, 0.5) is 5.69 Å². The van der Waals surface area contributed by atoms with Gasteiger partial charge in [-0.05, 0) is 42.5 Å². The summed E-state index contributed by atoms with van der Waals surface area (Å²) in [6.45, 7) is 0. The van der Waals surface area contributed by atoms with Crippen LogP contribution in [-0.2, 0) is 9.59 Å². The number of carboxylic acids is 1. The van der Waals surface area contributed by atoms with E-state index in [9.17, 15) is 19.5 Å². The molecule has 114 valence electrons. The molecule has 6 nitrogen and oxygen atoms in total. The number of fused-ring (bicyclic) bond motifs is 2. The zero-order valence-corrected chi connectivity index (χ0v) is 11.7. The Morgan fingerprint density at radius 2 is 1.64 bits per heavy atom. The number of benzene rings is 1. The molecule has 2 amide bonds. The number of primary amides is 1. The molecule has 0 unspecified atom stereocenters. The van der Waals surface area contributed by atoms with Gasteiger partial charge in [-0.2, -0.15) is 0 Å². The number of nitrogens with two attached hydrogens (primary N) is 1. The Bertz CT molecular complexity index is 665. The molecule has 2 aliphatic rings. The highest BCUT2D eigenvalue weighted by molar-refractivity contribution is 5.97. The molecule has 0 aromatic heterocycles. The minimum absolute atomic E-state index is 0.0576. The highest BCUT2D eigenvalue weighted by Gasteiger charge is 2.48. The molecule has 3 rings (SSSR count). The van der Waals surface area contributed by atoms with Crippen LogP contribution in [-0.4, -0.2) is 17.8 Å². The molecule has 1 aromatic rings. The first-order chi connectivity index (χ1) is 10.5. The highest BCUT2D eigenvalue weighted by atomic mass is 16.4. The lowest BCUT2D eigenvalue weighted by molar-refractivity contribution is -0.313. The van der Waals surface area contributed by atoms with E-state index < -0.39 is 23.7 Å². The van der Waals surface area contributed by atoms with E-state index in [-0.39, 0.29) is 17.7 Å². The summed E-state index contributed by atoms with van der Waals surface area (Å²) >= 11 is 0. The number of anilines is 1. The topological polar surface area (TPSA) is 112 Å². The standard InChI is InChI=1S/C16H16N2O4/c17-14(19)8-3-5-11(6-4-8)18-15(20)12-9-1-2-10(7-9)13(12)16(21)22/h1-6,9-10,12-13H,7H2,(H2,17,19)(H,18,20)(H,21,22)/p-1/t9-,10+,12+,13+/m1/s1. The average molecular weight is 299 g/mol. The summed E-state index contributed by atoms with van der Waals surface area (Å²) in [5.74, 6) is -3.64. The van der Waals surface area contributed by atoms with Gasteiger partial charge >= 0.3 is 0 Å². The van der Waals surface area contributed by atoms with Crippen LogP contribution >= 0.6 is 0 Å². The van der Waals surface area contributed by atoms with Crippen LogP contribution in [0.1, 0.15) is 16.8 Å². The van der Waals surface area contributed by atoms with E-state index in [0.717, 1.165) is 0 Å². The molecular formula is C16H15N2O4-. The molecule has 1 fully saturated rings. The molecule has 0 heterocycles. The summed E-state index contributed by atoms with van der Waals surface area (Å²) in [4.78, 5) is 34.7. The van der Waals surface area contributed by atoms with Gasteiger partial charge in [0.15, 0.2) is 0 Å². The third-order valence-corrected chi connectivity index (χ3v) is 4.47. The van der Waals surface area contributed by atoms with E-state index in [1.54, 1.807) is 12.1 Å². The van der Waals surface area contributed by atoms with Crippen LogP contribution < -0.4 is 16.2 Å². The van der Waals surface area contributed by atoms with Gasteiger partial charge in [-0.3, -0.25) is 9.59 Å². The van der Waals surface area contributed by atoms with Crippen molar-refractivity contribution in [3.63, 3.8) is 0 Å². The maximum absolute atomic E-state index is 12.4. The zero-order chi connectivity index (χ0) is 15.9. The summed E-state index contributed by atoms with van der Waals surface area (Å²) in [6.07, 6.45) is 4.44. The lowest BCUT2D eigenvalue weighted by Gasteiger charge is -2.27. The predicted molar refractivity (Wildman–Crippen MR) is 76.3 cm³/mol. The quantitative estimate of drug-likeness (QED) is 0.757. The average Bonchev–Trinajstić information content (AvgIpc) is 3.08. The van der Waals surface area contributed by atoms with E-state index in [0.29, 0.717) is 17.7 Å². The first-order valence-electron chi connectivity index (χ1n) is 7.07. The fraction of sp³-hybridized carbons (Fsp3) is 0.312. The third kappa shape index (κ3) is 2.36. The van der Waals surface area contributed by atoms with Crippen LogP contribution in [0.2, 0.25) is 0 Å². The highest BCUT2D eigenvalue weighted by Crippen LogP contribution is 2.48. The summed E-state index contributed by atoms with van der Waals surface area (Å²) in [7, 11) is 0. The van der Waals surface area contributed by atoms with Crippen molar-refractivity contribution in [2.75, 3.05) is 5.32 Å². The normalized spacial score (nSPS) is 28.5. The van der Waals surface area contributed by atoms with Crippen molar-refractivity contribution in [1.29, 1.82) is 0 Å². The largest absolute Gasteiger partial charge is 0.550 e. The Kier molecular flexibility index (Phi) is 3.44. The van der Waals surface area contributed by atoms with Crippen molar-refractivity contribution in [3.05, 3.63) is 42.0 Å². The number of allylic oxidation sites excluding steroid dienone is 2. The SMILES string of the molecule is NC(=O)c1ccc(NC(=O)[C@@H]2[C@@H](C(=O)[O-])[C@H]3C=C[C@@H]2C3)cc1. The Balaban J connectivity index is 1.75. The molecular weight excluding hydrogens is 284 g/mol. The van der Waals surface area contributed by atoms with Crippen LogP contribution in [0.3, 0.4) is 0 Å². The van der Waals surface area contributed by atoms with Gasteiger partial charge in [-0.15, -0.1) is 0 Å². The minimum atomic E-state index is -1.18. The Labute approximate surface area is 127 Å². The summed E-state index contributed by atoms with van der Waals surface area (Å²) < 4.78 is 0. The second-order valence-electron chi connectivity index (χ2n) is 5.75. The number of aliphatic carboxylic acids is 1. The van der Waals surface area contributed by atoms with Gasteiger partial charge in [0.05, 0.1) is 5.92 Å². The lowest BCUT2D eigenvalue weighted by atomic mass is 9.82. The predicted octanol–water partition coefficient (Wildman–Crippen LogP) is -0.0878. The van der Waals surface area contributed by atoms with Gasteiger partial charge in [-0.1, -0.05) is 12.2 Å². The van der Waals surface area contributed by atoms with Crippen molar-refractivity contribution in [2.45, 2.75) is 6.42 Å². The summed E-state index contributed by atoms with van der Waals surface area (Å²) in [6, 6.07) is 6.15. The van der Waals surface area contributed by atoms with Crippen LogP contribution in [0.25, 0.3) is 0 Å². The monoisotopic (exact) mass is 299 g/mol. The molecule has 2 bridgehead atoms. The van der Waals surface area contributed by atoms with Crippen molar-refractivity contribution in [1.82, 2.24) is 0 Å². The molecule has 22 heavy (non-hydrogen) atoms. The molecule has 0 aliphatic heterocycles. The van der Waals surface area contributed by atoms with Gasteiger partial charge in [0, 0.05) is 23.1 Å². The zero-order valence-electron chi connectivity index (χ0n) is 11.7. The number of amides is 2. The number of carboxylic acid groups (broad SMARTS) is 1. The molecule has 1 aromatic carbocycles. The van der Waals surface area contributed by atoms with Crippen LogP contribution in [0, 0.1) is 23.7 Å². The van der Waals surface area contributed by atoms with E-state index in [1.165, 1.54) is 12.1 Å². The molecule has 2 aliphatic carbocycles. The maximum Gasteiger partial charge on any atom is 0.248 e. The first-order valence-corrected chi connectivity index (χ1v) is 7.07. The fourth-order valence-corrected chi connectivity index (χ4v) is 3.44. The van der Waals surface area contributed by atoms with Gasteiger partial charge < -0.3 is 21.0 Å².